The van der Waals surface area contributed by atoms with E-state index in [9.17, 15) is 4.79 Å². The minimum atomic E-state index is -0.330. The molecule has 5 heteroatoms. The van der Waals surface area contributed by atoms with Gasteiger partial charge in [0.15, 0.2) is 0 Å². The lowest BCUT2D eigenvalue weighted by Gasteiger charge is -2.31. The molecule has 0 bridgehead atoms. The number of rotatable bonds is 0. The summed E-state index contributed by atoms with van der Waals surface area (Å²) in [5, 5.41) is 0. The highest BCUT2D eigenvalue weighted by Gasteiger charge is 2.32. The number of ether oxygens (including phenoxy) is 1. The molecule has 0 saturated carbocycles. The molecule has 0 saturated heterocycles. The van der Waals surface area contributed by atoms with E-state index in [0.717, 1.165) is 28.8 Å². The van der Waals surface area contributed by atoms with Crippen molar-refractivity contribution in [3.05, 3.63) is 28.2 Å². The van der Waals surface area contributed by atoms with Crippen molar-refractivity contribution < 1.29 is 9.53 Å². The van der Waals surface area contributed by atoms with Crippen LogP contribution in [0.25, 0.3) is 0 Å². The lowest BCUT2D eigenvalue weighted by atomic mass is 10.1. The first-order chi connectivity index (χ1) is 7.75. The molecule has 0 atom stereocenters. The Morgan fingerprint density at radius 2 is 2.31 bits per heavy atom. The van der Waals surface area contributed by atoms with Crippen molar-refractivity contribution in [3.63, 3.8) is 0 Å². The van der Waals surface area contributed by atoms with Crippen LogP contribution in [0.1, 0.15) is 12.0 Å². The second kappa shape index (κ2) is 3.59. The normalized spacial score (nSPS) is 18.4. The summed E-state index contributed by atoms with van der Waals surface area (Å²) in [5.74, 6) is 1.32. The second-order valence-corrected chi connectivity index (χ2v) is 4.63. The number of nitrogens with zero attached hydrogens (tertiary/aromatic N) is 2. The standard InChI is InChI=1S/C11H9BrN2O2/c12-7-2-3-8-9(6-7)16-11(15)14-5-1-4-13-10(8)14/h2-3,6H,1,4-5H2. The highest BCUT2D eigenvalue weighted by molar-refractivity contribution is 9.10. The van der Waals surface area contributed by atoms with Crippen LogP contribution in [0, 0.1) is 0 Å². The maximum atomic E-state index is 11.7. The lowest BCUT2D eigenvalue weighted by molar-refractivity contribution is 0.170. The minimum absolute atomic E-state index is 0.330. The number of hydrogen-bond donors (Lipinski definition) is 0. The maximum Gasteiger partial charge on any atom is 0.420 e. The molecule has 1 amide bonds. The van der Waals surface area contributed by atoms with Crippen LogP contribution in [0.3, 0.4) is 0 Å². The summed E-state index contributed by atoms with van der Waals surface area (Å²) in [6, 6.07) is 5.64. The Labute approximate surface area is 101 Å². The van der Waals surface area contributed by atoms with Crippen molar-refractivity contribution in [1.82, 2.24) is 4.90 Å². The molecule has 0 fully saturated rings. The van der Waals surface area contributed by atoms with Crippen LogP contribution < -0.4 is 4.74 Å². The SMILES string of the molecule is O=C1Oc2cc(Br)ccc2C2=NCCCN12. The zero-order valence-corrected chi connectivity index (χ0v) is 10.0. The molecule has 16 heavy (non-hydrogen) atoms. The number of amides is 1. The van der Waals surface area contributed by atoms with E-state index in [0.29, 0.717) is 12.3 Å². The van der Waals surface area contributed by atoms with Gasteiger partial charge >= 0.3 is 6.09 Å². The number of benzene rings is 1. The van der Waals surface area contributed by atoms with Crippen LogP contribution in [0.5, 0.6) is 5.75 Å². The fourth-order valence-electron chi connectivity index (χ4n) is 1.93. The van der Waals surface area contributed by atoms with Crippen molar-refractivity contribution in [3.8, 4) is 5.75 Å². The fourth-order valence-corrected chi connectivity index (χ4v) is 2.27. The maximum absolute atomic E-state index is 11.7. The zero-order chi connectivity index (χ0) is 11.1. The van der Waals surface area contributed by atoms with E-state index in [1.54, 1.807) is 11.0 Å². The first-order valence-corrected chi connectivity index (χ1v) is 5.89. The van der Waals surface area contributed by atoms with Crippen molar-refractivity contribution in [1.29, 1.82) is 0 Å². The van der Waals surface area contributed by atoms with E-state index in [1.807, 2.05) is 12.1 Å². The second-order valence-electron chi connectivity index (χ2n) is 3.72. The molecule has 2 heterocycles. The van der Waals surface area contributed by atoms with Gasteiger partial charge in [-0.2, -0.15) is 0 Å². The Morgan fingerprint density at radius 3 is 3.19 bits per heavy atom. The highest BCUT2D eigenvalue weighted by atomic mass is 79.9. The number of hydrogen-bond acceptors (Lipinski definition) is 3. The Kier molecular flexibility index (Phi) is 2.21. The van der Waals surface area contributed by atoms with E-state index in [-0.39, 0.29) is 6.09 Å². The van der Waals surface area contributed by atoms with Crippen LogP contribution in [-0.2, 0) is 0 Å². The van der Waals surface area contributed by atoms with Gasteiger partial charge in [0.05, 0.1) is 5.56 Å². The Morgan fingerprint density at radius 1 is 1.44 bits per heavy atom. The Bertz CT molecular complexity index is 499. The Hall–Kier alpha value is -1.36. The van der Waals surface area contributed by atoms with Gasteiger partial charge in [0, 0.05) is 17.6 Å². The molecule has 0 radical (unpaired) electrons. The summed E-state index contributed by atoms with van der Waals surface area (Å²) in [4.78, 5) is 17.7. The molecule has 4 nitrogen and oxygen atoms in total. The number of carbonyl (C=O) groups is 1. The average Bonchev–Trinajstić information content (AvgIpc) is 2.29. The average molecular weight is 281 g/mol. The lowest BCUT2D eigenvalue weighted by Crippen LogP contribution is -2.45. The molecule has 82 valence electrons. The van der Waals surface area contributed by atoms with Crippen LogP contribution in [-0.4, -0.2) is 29.9 Å². The largest absolute Gasteiger partial charge is 0.420 e. The van der Waals surface area contributed by atoms with Crippen molar-refractivity contribution >= 4 is 27.9 Å². The third-order valence-electron chi connectivity index (χ3n) is 2.66. The molecule has 2 aliphatic heterocycles. The molecule has 3 rings (SSSR count). The number of fused-ring (bicyclic) bond motifs is 3. The van der Waals surface area contributed by atoms with Crippen LogP contribution >= 0.6 is 15.9 Å². The molecule has 1 aromatic rings. The van der Waals surface area contributed by atoms with E-state index in [4.69, 9.17) is 4.74 Å². The van der Waals surface area contributed by atoms with Crippen LogP contribution in [0.15, 0.2) is 27.7 Å². The number of amidine groups is 1. The summed E-state index contributed by atoms with van der Waals surface area (Å²) >= 11 is 3.35. The van der Waals surface area contributed by atoms with Crippen LogP contribution in [0.4, 0.5) is 4.79 Å². The van der Waals surface area contributed by atoms with Crippen molar-refractivity contribution in [2.75, 3.05) is 13.1 Å². The number of halogens is 1. The molecule has 0 N–H and O–H groups in total. The monoisotopic (exact) mass is 280 g/mol. The van der Waals surface area contributed by atoms with Crippen molar-refractivity contribution in [2.45, 2.75) is 6.42 Å². The topological polar surface area (TPSA) is 41.9 Å². The van der Waals surface area contributed by atoms with Gasteiger partial charge in [-0.05, 0) is 24.6 Å². The molecule has 0 aliphatic carbocycles. The quantitative estimate of drug-likeness (QED) is 0.732. The first kappa shape index (κ1) is 9.84. The van der Waals surface area contributed by atoms with Gasteiger partial charge in [-0.3, -0.25) is 9.89 Å². The summed E-state index contributed by atoms with van der Waals surface area (Å²) < 4.78 is 6.15. The molecule has 2 aliphatic rings. The van der Waals surface area contributed by atoms with Gasteiger partial charge < -0.3 is 4.74 Å². The minimum Gasteiger partial charge on any atom is -0.409 e. The van der Waals surface area contributed by atoms with Crippen molar-refractivity contribution in [2.24, 2.45) is 4.99 Å². The molecule has 0 unspecified atom stereocenters. The van der Waals surface area contributed by atoms with Crippen LogP contribution in [0.2, 0.25) is 0 Å². The summed E-state index contributed by atoms with van der Waals surface area (Å²) in [6.07, 6.45) is 0.564. The first-order valence-electron chi connectivity index (χ1n) is 5.09. The van der Waals surface area contributed by atoms with Gasteiger partial charge in [0.1, 0.15) is 11.6 Å². The molecule has 0 aromatic heterocycles. The van der Waals surface area contributed by atoms with E-state index < -0.39 is 0 Å². The molecular weight excluding hydrogens is 272 g/mol. The van der Waals surface area contributed by atoms with Gasteiger partial charge in [-0.15, -0.1) is 0 Å². The highest BCUT2D eigenvalue weighted by Crippen LogP contribution is 2.30. The predicted molar refractivity (Wildman–Crippen MR) is 62.9 cm³/mol. The molecular formula is C11H9BrN2O2. The van der Waals surface area contributed by atoms with Gasteiger partial charge in [0.25, 0.3) is 0 Å². The summed E-state index contributed by atoms with van der Waals surface area (Å²) in [6.45, 7) is 1.46. The van der Waals surface area contributed by atoms with Gasteiger partial charge in [0.2, 0.25) is 0 Å². The summed E-state index contributed by atoms with van der Waals surface area (Å²) in [7, 11) is 0. The molecule has 0 spiro atoms. The molecule has 1 aromatic carbocycles. The smallest absolute Gasteiger partial charge is 0.409 e. The third kappa shape index (κ3) is 1.43. The van der Waals surface area contributed by atoms with Gasteiger partial charge in [-0.25, -0.2) is 4.79 Å². The Balaban J connectivity index is 2.16. The fraction of sp³-hybridized carbons (Fsp3) is 0.273. The van der Waals surface area contributed by atoms with E-state index in [1.165, 1.54) is 0 Å². The van der Waals surface area contributed by atoms with E-state index in [2.05, 4.69) is 20.9 Å². The van der Waals surface area contributed by atoms with Gasteiger partial charge in [-0.1, -0.05) is 15.9 Å². The third-order valence-corrected chi connectivity index (χ3v) is 3.15. The predicted octanol–water partition coefficient (Wildman–Crippen LogP) is 2.41. The number of carbonyl (C=O) groups excluding carboxylic acids is 1. The number of aliphatic imine (C=N–C) groups is 1. The van der Waals surface area contributed by atoms with E-state index >= 15 is 0 Å². The zero-order valence-electron chi connectivity index (χ0n) is 8.44. The summed E-state index contributed by atoms with van der Waals surface area (Å²) in [5.41, 5.74) is 0.891.